The molecule has 10 rings (SSSR count). The summed E-state index contributed by atoms with van der Waals surface area (Å²) in [6.07, 6.45) is 0. The average molecular weight is 613 g/mol. The Balaban J connectivity index is 1.34. The zero-order valence-corrected chi connectivity index (χ0v) is 26.4. The van der Waals surface area contributed by atoms with Gasteiger partial charge in [0.15, 0.2) is 0 Å². The lowest BCUT2D eigenvalue weighted by Gasteiger charge is -2.20. The van der Waals surface area contributed by atoms with E-state index in [1.54, 1.807) is 0 Å². The third-order valence-corrected chi connectivity index (χ3v) is 11.1. The number of fused-ring (bicyclic) bond motifs is 8. The molecule has 0 fully saturated rings. The highest BCUT2D eigenvalue weighted by Gasteiger charge is 2.22. The Labute approximate surface area is 276 Å². The van der Waals surface area contributed by atoms with Crippen molar-refractivity contribution in [1.29, 1.82) is 0 Å². The Kier molecular flexibility index (Phi) is 5.85. The van der Waals surface area contributed by atoms with E-state index in [-0.39, 0.29) is 0 Å². The van der Waals surface area contributed by atoms with E-state index in [1.807, 2.05) is 11.3 Å². The van der Waals surface area contributed by atoms with Crippen molar-refractivity contribution in [2.24, 2.45) is 0 Å². The molecular formula is C46H28S. The van der Waals surface area contributed by atoms with Crippen LogP contribution in [0, 0.1) is 0 Å². The largest absolute Gasteiger partial charge is 0.135 e. The minimum Gasteiger partial charge on any atom is -0.135 e. The Morgan fingerprint density at radius 2 is 0.851 bits per heavy atom. The normalized spacial score (nSPS) is 11.8. The van der Waals surface area contributed by atoms with Crippen LogP contribution in [0.3, 0.4) is 0 Å². The summed E-state index contributed by atoms with van der Waals surface area (Å²) in [5.41, 5.74) is 7.72. The fourth-order valence-corrected chi connectivity index (χ4v) is 9.10. The molecule has 1 heterocycles. The van der Waals surface area contributed by atoms with Crippen LogP contribution >= 0.6 is 11.3 Å². The van der Waals surface area contributed by atoms with Gasteiger partial charge >= 0.3 is 0 Å². The van der Waals surface area contributed by atoms with Crippen molar-refractivity contribution >= 4 is 74.6 Å². The van der Waals surface area contributed by atoms with E-state index in [9.17, 15) is 0 Å². The van der Waals surface area contributed by atoms with E-state index in [0.29, 0.717) is 0 Å². The minimum absolute atomic E-state index is 1.25. The van der Waals surface area contributed by atoms with Crippen molar-refractivity contribution in [2.45, 2.75) is 0 Å². The molecule has 0 saturated carbocycles. The first-order chi connectivity index (χ1) is 23.3. The third kappa shape index (κ3) is 3.94. The van der Waals surface area contributed by atoms with Gasteiger partial charge in [0, 0.05) is 25.7 Å². The zero-order chi connectivity index (χ0) is 30.9. The van der Waals surface area contributed by atoms with Gasteiger partial charge in [-0.2, -0.15) is 0 Å². The van der Waals surface area contributed by atoms with Crippen molar-refractivity contribution in [3.05, 3.63) is 170 Å². The van der Waals surface area contributed by atoms with Gasteiger partial charge in [0.25, 0.3) is 0 Å². The van der Waals surface area contributed by atoms with Gasteiger partial charge in [0.1, 0.15) is 0 Å². The van der Waals surface area contributed by atoms with E-state index in [0.717, 1.165) is 0 Å². The summed E-state index contributed by atoms with van der Waals surface area (Å²) in [5.74, 6) is 0. The molecule has 0 radical (unpaired) electrons. The molecule has 1 aromatic heterocycles. The molecule has 0 unspecified atom stereocenters. The van der Waals surface area contributed by atoms with Gasteiger partial charge in [-0.15, -0.1) is 11.3 Å². The molecule has 0 atom stereocenters. The summed E-state index contributed by atoms with van der Waals surface area (Å²) in [5, 5.41) is 12.9. The van der Waals surface area contributed by atoms with Crippen LogP contribution in [0.4, 0.5) is 0 Å². The van der Waals surface area contributed by atoms with Gasteiger partial charge in [0.2, 0.25) is 0 Å². The standard InChI is InChI=1S/C46H28S/c1-2-13-29(14-3-1)32-27-28-41(46-45(32)40-21-10-11-24-42(40)47-46)44-38-19-8-6-17-36(38)43(37-18-7-9-20-39(37)44)35-23-12-22-33-31-16-5-4-15-30(31)25-26-34(33)35/h1-28H. The Hall–Kier alpha value is -5.76. The maximum absolute atomic E-state index is 2.37. The molecule has 0 aliphatic carbocycles. The van der Waals surface area contributed by atoms with Crippen LogP contribution in [0.25, 0.3) is 96.6 Å². The fourth-order valence-electron chi connectivity index (χ4n) is 7.85. The molecule has 0 aliphatic rings. The molecule has 0 aliphatic heterocycles. The summed E-state index contributed by atoms with van der Waals surface area (Å²) < 4.78 is 2.66. The molecule has 9 aromatic carbocycles. The lowest BCUT2D eigenvalue weighted by atomic mass is 9.83. The smallest absolute Gasteiger partial charge is 0.0440 e. The summed E-state index contributed by atoms with van der Waals surface area (Å²) >= 11 is 1.91. The van der Waals surface area contributed by atoms with Gasteiger partial charge in [-0.1, -0.05) is 164 Å². The fraction of sp³-hybridized carbons (Fsp3) is 0. The highest BCUT2D eigenvalue weighted by atomic mass is 32.1. The number of hydrogen-bond acceptors (Lipinski definition) is 1. The van der Waals surface area contributed by atoms with Crippen LogP contribution in [-0.4, -0.2) is 0 Å². The lowest BCUT2D eigenvalue weighted by molar-refractivity contribution is 1.66. The number of hydrogen-bond donors (Lipinski definition) is 0. The summed E-state index contributed by atoms with van der Waals surface area (Å²) in [7, 11) is 0. The first kappa shape index (κ1) is 26.5. The van der Waals surface area contributed by atoms with Crippen LogP contribution in [-0.2, 0) is 0 Å². The van der Waals surface area contributed by atoms with Gasteiger partial charge < -0.3 is 0 Å². The van der Waals surface area contributed by atoms with Crippen LogP contribution in [0.15, 0.2) is 170 Å². The Morgan fingerprint density at radius 1 is 0.298 bits per heavy atom. The van der Waals surface area contributed by atoms with Crippen LogP contribution in [0.2, 0.25) is 0 Å². The van der Waals surface area contributed by atoms with Crippen molar-refractivity contribution in [1.82, 2.24) is 0 Å². The van der Waals surface area contributed by atoms with Crippen LogP contribution < -0.4 is 0 Å². The van der Waals surface area contributed by atoms with Crippen molar-refractivity contribution < 1.29 is 0 Å². The van der Waals surface area contributed by atoms with Crippen LogP contribution in [0.1, 0.15) is 0 Å². The van der Waals surface area contributed by atoms with Crippen molar-refractivity contribution in [3.8, 4) is 33.4 Å². The SMILES string of the molecule is c1ccc(-c2ccc(-c3c4ccccc4c(-c4cccc5c4ccc4ccccc45)c4ccccc34)c3sc4ccccc4c23)cc1. The Morgan fingerprint density at radius 3 is 1.57 bits per heavy atom. The van der Waals surface area contributed by atoms with E-state index in [1.165, 1.54) is 96.6 Å². The van der Waals surface area contributed by atoms with Crippen molar-refractivity contribution in [3.63, 3.8) is 0 Å². The molecule has 218 valence electrons. The molecule has 0 nitrogen and oxygen atoms in total. The lowest BCUT2D eigenvalue weighted by Crippen LogP contribution is -1.92. The summed E-state index contributed by atoms with van der Waals surface area (Å²) in [6, 6.07) is 62.6. The number of rotatable bonds is 3. The van der Waals surface area contributed by atoms with E-state index < -0.39 is 0 Å². The highest BCUT2D eigenvalue weighted by molar-refractivity contribution is 7.26. The predicted octanol–water partition coefficient (Wildman–Crippen LogP) is 13.7. The Bertz CT molecular complexity index is 2780. The molecule has 0 bridgehead atoms. The van der Waals surface area contributed by atoms with Gasteiger partial charge in [-0.05, 0) is 77.0 Å². The third-order valence-electron chi connectivity index (χ3n) is 9.87. The van der Waals surface area contributed by atoms with Crippen LogP contribution in [0.5, 0.6) is 0 Å². The second-order valence-corrected chi connectivity index (χ2v) is 13.4. The maximum atomic E-state index is 2.37. The summed E-state index contributed by atoms with van der Waals surface area (Å²) in [6.45, 7) is 0. The molecule has 0 N–H and O–H groups in total. The van der Waals surface area contributed by atoms with Gasteiger partial charge in [-0.25, -0.2) is 0 Å². The topological polar surface area (TPSA) is 0 Å². The quantitative estimate of drug-likeness (QED) is 0.138. The van der Waals surface area contributed by atoms with Gasteiger partial charge in [0.05, 0.1) is 0 Å². The highest BCUT2D eigenvalue weighted by Crippen LogP contribution is 2.50. The second kappa shape index (κ2) is 10.4. The molecular weight excluding hydrogens is 585 g/mol. The zero-order valence-electron chi connectivity index (χ0n) is 25.6. The minimum atomic E-state index is 1.25. The molecule has 10 aromatic rings. The molecule has 1 heteroatoms. The summed E-state index contributed by atoms with van der Waals surface area (Å²) in [4.78, 5) is 0. The van der Waals surface area contributed by atoms with E-state index >= 15 is 0 Å². The molecule has 0 spiro atoms. The molecule has 47 heavy (non-hydrogen) atoms. The number of benzene rings is 9. The first-order valence-corrected chi connectivity index (χ1v) is 17.0. The first-order valence-electron chi connectivity index (χ1n) is 16.2. The average Bonchev–Trinajstić information content (AvgIpc) is 3.54. The second-order valence-electron chi connectivity index (χ2n) is 12.4. The van der Waals surface area contributed by atoms with E-state index in [2.05, 4.69) is 170 Å². The van der Waals surface area contributed by atoms with E-state index in [4.69, 9.17) is 0 Å². The predicted molar refractivity (Wildman–Crippen MR) is 206 cm³/mol. The molecule has 0 saturated heterocycles. The van der Waals surface area contributed by atoms with Gasteiger partial charge in [-0.3, -0.25) is 0 Å². The maximum Gasteiger partial charge on any atom is 0.0440 e. The monoisotopic (exact) mass is 612 g/mol. The van der Waals surface area contributed by atoms with Crippen molar-refractivity contribution in [2.75, 3.05) is 0 Å². The molecule has 0 amide bonds. The number of thiophene rings is 1.